The van der Waals surface area contributed by atoms with Crippen molar-refractivity contribution in [3.63, 3.8) is 0 Å². The van der Waals surface area contributed by atoms with E-state index in [2.05, 4.69) is 26.6 Å². The van der Waals surface area contributed by atoms with Gasteiger partial charge in [-0.25, -0.2) is 0 Å². The lowest BCUT2D eigenvalue weighted by Gasteiger charge is -2.08. The average molecular weight is 343 g/mol. The van der Waals surface area contributed by atoms with Gasteiger partial charge in [-0.15, -0.1) is 0 Å². The number of carbonyl (C=O) groups excluding carboxylic acids is 1. The molecule has 2 N–H and O–H groups in total. The van der Waals surface area contributed by atoms with E-state index in [1.807, 2.05) is 38.1 Å². The number of carbonyl (C=O) groups is 1. The highest BCUT2D eigenvalue weighted by atomic mass is 79.9. The van der Waals surface area contributed by atoms with Gasteiger partial charge in [-0.05, 0) is 51.4 Å². The van der Waals surface area contributed by atoms with Crippen LogP contribution in [0.4, 0.5) is 5.69 Å². The summed E-state index contributed by atoms with van der Waals surface area (Å²) in [6.07, 6.45) is 2.31. The standard InChI is InChI=1S/C15H23BrN2O2/c1-12(2)20-9-4-3-8-17-11-15(19)18-14-7-5-6-13(16)10-14/h5-7,10,12,17H,3-4,8-9,11H2,1-2H3,(H,18,19). The number of ether oxygens (including phenoxy) is 1. The third-order valence-electron chi connectivity index (χ3n) is 2.59. The fourth-order valence-corrected chi connectivity index (χ4v) is 2.04. The van der Waals surface area contributed by atoms with Gasteiger partial charge in [0.25, 0.3) is 0 Å². The Bertz CT molecular complexity index is 411. The third-order valence-corrected chi connectivity index (χ3v) is 3.09. The van der Waals surface area contributed by atoms with E-state index in [4.69, 9.17) is 4.74 Å². The summed E-state index contributed by atoms with van der Waals surface area (Å²) < 4.78 is 6.40. The van der Waals surface area contributed by atoms with E-state index in [0.717, 1.165) is 36.2 Å². The van der Waals surface area contributed by atoms with Gasteiger partial charge >= 0.3 is 0 Å². The van der Waals surface area contributed by atoms with Crippen LogP contribution >= 0.6 is 15.9 Å². The van der Waals surface area contributed by atoms with Crippen molar-refractivity contribution in [2.75, 3.05) is 25.0 Å². The zero-order valence-corrected chi connectivity index (χ0v) is 13.7. The smallest absolute Gasteiger partial charge is 0.238 e. The maximum absolute atomic E-state index is 11.7. The molecule has 1 rings (SSSR count). The van der Waals surface area contributed by atoms with Crippen LogP contribution in [0, 0.1) is 0 Å². The topological polar surface area (TPSA) is 50.4 Å². The average Bonchev–Trinajstić information content (AvgIpc) is 2.37. The Labute approximate surface area is 129 Å². The zero-order chi connectivity index (χ0) is 14.8. The lowest BCUT2D eigenvalue weighted by molar-refractivity contribution is -0.115. The van der Waals surface area contributed by atoms with Crippen molar-refractivity contribution in [2.24, 2.45) is 0 Å². The second-order valence-corrected chi connectivity index (χ2v) is 5.78. The molecule has 1 amide bonds. The van der Waals surface area contributed by atoms with E-state index in [1.165, 1.54) is 0 Å². The van der Waals surface area contributed by atoms with Crippen molar-refractivity contribution in [1.29, 1.82) is 0 Å². The van der Waals surface area contributed by atoms with Crippen molar-refractivity contribution in [1.82, 2.24) is 5.32 Å². The van der Waals surface area contributed by atoms with E-state index in [-0.39, 0.29) is 5.91 Å². The molecular formula is C15H23BrN2O2. The molecule has 0 aliphatic rings. The fraction of sp³-hybridized carbons (Fsp3) is 0.533. The molecule has 0 bridgehead atoms. The summed E-state index contributed by atoms with van der Waals surface area (Å²) in [4.78, 5) is 11.7. The maximum Gasteiger partial charge on any atom is 0.238 e. The second kappa shape index (κ2) is 9.91. The minimum Gasteiger partial charge on any atom is -0.379 e. The van der Waals surface area contributed by atoms with Gasteiger partial charge in [0.2, 0.25) is 5.91 Å². The van der Waals surface area contributed by atoms with E-state index < -0.39 is 0 Å². The Hall–Kier alpha value is -0.910. The molecule has 112 valence electrons. The van der Waals surface area contributed by atoms with Crippen LogP contribution in [0.25, 0.3) is 0 Å². The van der Waals surface area contributed by atoms with Crippen LogP contribution in [0.5, 0.6) is 0 Å². The first-order valence-corrected chi connectivity index (χ1v) is 7.75. The summed E-state index contributed by atoms with van der Waals surface area (Å²) in [5, 5.41) is 5.97. The SMILES string of the molecule is CC(C)OCCCCNCC(=O)Nc1cccc(Br)c1. The predicted octanol–water partition coefficient (Wildman–Crippen LogP) is 3.18. The highest BCUT2D eigenvalue weighted by Gasteiger charge is 2.02. The van der Waals surface area contributed by atoms with Gasteiger partial charge in [-0.3, -0.25) is 4.79 Å². The molecule has 5 heteroatoms. The number of nitrogens with one attached hydrogen (secondary N) is 2. The van der Waals surface area contributed by atoms with Gasteiger partial charge in [0, 0.05) is 16.8 Å². The number of amides is 1. The van der Waals surface area contributed by atoms with Gasteiger partial charge < -0.3 is 15.4 Å². The van der Waals surface area contributed by atoms with Gasteiger partial charge in [-0.1, -0.05) is 22.0 Å². The first-order valence-electron chi connectivity index (χ1n) is 6.95. The van der Waals surface area contributed by atoms with Gasteiger partial charge in [0.05, 0.1) is 12.6 Å². The molecule has 1 aromatic carbocycles. The van der Waals surface area contributed by atoms with Gasteiger partial charge in [0.1, 0.15) is 0 Å². The van der Waals surface area contributed by atoms with Crippen molar-refractivity contribution < 1.29 is 9.53 Å². The summed E-state index contributed by atoms with van der Waals surface area (Å²) in [5.41, 5.74) is 0.802. The first-order chi connectivity index (χ1) is 9.58. The lowest BCUT2D eigenvalue weighted by Crippen LogP contribution is -2.28. The van der Waals surface area contributed by atoms with Crippen LogP contribution < -0.4 is 10.6 Å². The lowest BCUT2D eigenvalue weighted by atomic mass is 10.3. The van der Waals surface area contributed by atoms with Crippen molar-refractivity contribution >= 4 is 27.5 Å². The van der Waals surface area contributed by atoms with Gasteiger partial charge in [0.15, 0.2) is 0 Å². The minimum atomic E-state index is -0.0264. The Balaban J connectivity index is 2.06. The summed E-state index contributed by atoms with van der Waals surface area (Å²) >= 11 is 3.37. The number of hydrogen-bond acceptors (Lipinski definition) is 3. The molecule has 0 heterocycles. The number of halogens is 1. The normalized spacial score (nSPS) is 10.8. The quantitative estimate of drug-likeness (QED) is 0.677. The van der Waals surface area contributed by atoms with E-state index in [9.17, 15) is 4.79 Å². The molecule has 0 unspecified atom stereocenters. The molecule has 20 heavy (non-hydrogen) atoms. The number of benzene rings is 1. The van der Waals surface area contributed by atoms with Crippen LogP contribution in [-0.2, 0) is 9.53 Å². The van der Waals surface area contributed by atoms with E-state index in [0.29, 0.717) is 12.6 Å². The molecular weight excluding hydrogens is 320 g/mol. The molecule has 0 radical (unpaired) electrons. The summed E-state index contributed by atoms with van der Waals surface area (Å²) in [5.74, 6) is -0.0264. The maximum atomic E-state index is 11.7. The molecule has 0 aliphatic heterocycles. The van der Waals surface area contributed by atoms with E-state index in [1.54, 1.807) is 0 Å². The molecule has 4 nitrogen and oxygen atoms in total. The predicted molar refractivity (Wildman–Crippen MR) is 86.0 cm³/mol. The summed E-state index contributed by atoms with van der Waals surface area (Å²) in [6.45, 7) is 6.00. The van der Waals surface area contributed by atoms with Crippen molar-refractivity contribution in [2.45, 2.75) is 32.8 Å². The van der Waals surface area contributed by atoms with Crippen LogP contribution in [0.1, 0.15) is 26.7 Å². The van der Waals surface area contributed by atoms with Crippen LogP contribution in [0.15, 0.2) is 28.7 Å². The van der Waals surface area contributed by atoms with Gasteiger partial charge in [-0.2, -0.15) is 0 Å². The highest BCUT2D eigenvalue weighted by Crippen LogP contribution is 2.15. The zero-order valence-electron chi connectivity index (χ0n) is 12.1. The molecule has 0 saturated heterocycles. The Morgan fingerprint density at radius 2 is 2.15 bits per heavy atom. The highest BCUT2D eigenvalue weighted by molar-refractivity contribution is 9.10. The second-order valence-electron chi connectivity index (χ2n) is 4.86. The number of rotatable bonds is 9. The molecule has 0 atom stereocenters. The number of hydrogen-bond donors (Lipinski definition) is 2. The monoisotopic (exact) mass is 342 g/mol. The Morgan fingerprint density at radius 1 is 1.35 bits per heavy atom. The number of unbranched alkanes of at least 4 members (excludes halogenated alkanes) is 1. The summed E-state index contributed by atoms with van der Waals surface area (Å²) in [6, 6.07) is 7.56. The molecule has 0 fully saturated rings. The van der Waals surface area contributed by atoms with Crippen LogP contribution in [-0.4, -0.2) is 31.7 Å². The Morgan fingerprint density at radius 3 is 2.85 bits per heavy atom. The van der Waals surface area contributed by atoms with Crippen molar-refractivity contribution in [3.05, 3.63) is 28.7 Å². The first kappa shape index (κ1) is 17.1. The largest absolute Gasteiger partial charge is 0.379 e. The minimum absolute atomic E-state index is 0.0264. The molecule has 0 aliphatic carbocycles. The van der Waals surface area contributed by atoms with Crippen LogP contribution in [0.3, 0.4) is 0 Å². The van der Waals surface area contributed by atoms with Crippen LogP contribution in [0.2, 0.25) is 0 Å². The fourth-order valence-electron chi connectivity index (χ4n) is 1.64. The summed E-state index contributed by atoms with van der Waals surface area (Å²) in [7, 11) is 0. The molecule has 0 aromatic heterocycles. The molecule has 0 saturated carbocycles. The third kappa shape index (κ3) is 8.30. The molecule has 0 spiro atoms. The Kier molecular flexibility index (Phi) is 8.49. The molecule has 1 aromatic rings. The number of anilines is 1. The van der Waals surface area contributed by atoms with Crippen molar-refractivity contribution in [3.8, 4) is 0 Å². The van der Waals surface area contributed by atoms with E-state index >= 15 is 0 Å².